The molecule has 4 heteroatoms. The van der Waals surface area contributed by atoms with Gasteiger partial charge in [0.2, 0.25) is 5.89 Å². The molecule has 19 heavy (non-hydrogen) atoms. The van der Waals surface area contributed by atoms with Crippen molar-refractivity contribution in [1.29, 1.82) is 0 Å². The van der Waals surface area contributed by atoms with Gasteiger partial charge in [-0.15, -0.1) is 0 Å². The van der Waals surface area contributed by atoms with Crippen molar-refractivity contribution < 1.29 is 4.52 Å². The molecular weight excluding hydrogens is 238 g/mol. The van der Waals surface area contributed by atoms with Crippen LogP contribution in [0.3, 0.4) is 0 Å². The number of hydrogen-bond donors (Lipinski definition) is 0. The van der Waals surface area contributed by atoms with Crippen LogP contribution in [-0.2, 0) is 6.54 Å². The highest BCUT2D eigenvalue weighted by Gasteiger charge is 2.24. The summed E-state index contributed by atoms with van der Waals surface area (Å²) < 4.78 is 5.07. The zero-order valence-electron chi connectivity index (χ0n) is 11.2. The smallest absolute Gasteiger partial charge is 0.223 e. The van der Waals surface area contributed by atoms with Crippen molar-refractivity contribution in [3.8, 4) is 0 Å². The molecule has 0 saturated carbocycles. The van der Waals surface area contributed by atoms with E-state index in [1.165, 1.54) is 5.56 Å². The standard InChI is InChI=1S/C15H19N3O/c1-12-16-15(17-19-12)14-7-9-18(10-8-14)11-13-5-3-2-4-6-13/h2-6,14H,7-11H2,1H3. The Labute approximate surface area is 113 Å². The predicted molar refractivity (Wildman–Crippen MR) is 72.7 cm³/mol. The highest BCUT2D eigenvalue weighted by molar-refractivity contribution is 5.14. The number of hydrogen-bond acceptors (Lipinski definition) is 4. The Hall–Kier alpha value is -1.68. The molecule has 0 atom stereocenters. The fourth-order valence-corrected chi connectivity index (χ4v) is 2.67. The molecule has 1 aliphatic heterocycles. The second-order valence-corrected chi connectivity index (χ2v) is 5.21. The molecule has 1 saturated heterocycles. The number of rotatable bonds is 3. The molecule has 4 nitrogen and oxygen atoms in total. The Morgan fingerprint density at radius 2 is 1.95 bits per heavy atom. The molecule has 2 heterocycles. The molecule has 1 fully saturated rings. The zero-order valence-corrected chi connectivity index (χ0v) is 11.2. The van der Waals surface area contributed by atoms with Crippen LogP contribution in [0.4, 0.5) is 0 Å². The molecule has 0 aliphatic carbocycles. The van der Waals surface area contributed by atoms with Gasteiger partial charge in [-0.2, -0.15) is 4.98 Å². The summed E-state index contributed by atoms with van der Waals surface area (Å²) in [7, 11) is 0. The molecule has 3 rings (SSSR count). The monoisotopic (exact) mass is 257 g/mol. The highest BCUT2D eigenvalue weighted by atomic mass is 16.5. The van der Waals surface area contributed by atoms with Crippen LogP contribution in [0.5, 0.6) is 0 Å². The molecule has 0 unspecified atom stereocenters. The molecule has 0 spiro atoms. The molecule has 0 bridgehead atoms. The summed E-state index contributed by atoms with van der Waals surface area (Å²) in [6, 6.07) is 10.6. The van der Waals surface area contributed by atoms with Crippen molar-refractivity contribution in [2.45, 2.75) is 32.2 Å². The van der Waals surface area contributed by atoms with Gasteiger partial charge in [-0.1, -0.05) is 35.5 Å². The summed E-state index contributed by atoms with van der Waals surface area (Å²) in [5.74, 6) is 2.02. The summed E-state index contributed by atoms with van der Waals surface area (Å²) in [6.45, 7) is 5.10. The van der Waals surface area contributed by atoms with Gasteiger partial charge in [-0.05, 0) is 31.5 Å². The van der Waals surface area contributed by atoms with Crippen molar-refractivity contribution in [2.24, 2.45) is 0 Å². The van der Waals surface area contributed by atoms with Crippen molar-refractivity contribution in [3.05, 3.63) is 47.6 Å². The number of aromatic nitrogens is 2. The normalized spacial score (nSPS) is 17.7. The number of likely N-dealkylation sites (tertiary alicyclic amines) is 1. The minimum Gasteiger partial charge on any atom is -0.340 e. The third-order valence-corrected chi connectivity index (χ3v) is 3.75. The predicted octanol–water partition coefficient (Wildman–Crippen LogP) is 2.76. The molecule has 100 valence electrons. The second-order valence-electron chi connectivity index (χ2n) is 5.21. The van der Waals surface area contributed by atoms with E-state index in [1.807, 2.05) is 6.92 Å². The first kappa shape index (κ1) is 12.4. The lowest BCUT2D eigenvalue weighted by molar-refractivity contribution is 0.200. The summed E-state index contributed by atoms with van der Waals surface area (Å²) >= 11 is 0. The number of benzene rings is 1. The van der Waals surface area contributed by atoms with Crippen LogP contribution in [-0.4, -0.2) is 28.1 Å². The first-order valence-electron chi connectivity index (χ1n) is 6.88. The van der Waals surface area contributed by atoms with Crippen molar-refractivity contribution in [3.63, 3.8) is 0 Å². The number of piperidine rings is 1. The largest absolute Gasteiger partial charge is 0.340 e. The fraction of sp³-hybridized carbons (Fsp3) is 0.467. The van der Waals surface area contributed by atoms with E-state index in [0.29, 0.717) is 11.8 Å². The SMILES string of the molecule is Cc1nc(C2CCN(Cc3ccccc3)CC2)no1. The molecule has 2 aromatic rings. The van der Waals surface area contributed by atoms with Gasteiger partial charge in [0.15, 0.2) is 5.82 Å². The summed E-state index contributed by atoms with van der Waals surface area (Å²) in [4.78, 5) is 6.85. The van der Waals surface area contributed by atoms with E-state index in [-0.39, 0.29) is 0 Å². The average molecular weight is 257 g/mol. The third kappa shape index (κ3) is 3.01. The Bertz CT molecular complexity index is 515. The van der Waals surface area contributed by atoms with Gasteiger partial charge < -0.3 is 4.52 Å². The van der Waals surface area contributed by atoms with Gasteiger partial charge in [0.1, 0.15) is 0 Å². The second kappa shape index (κ2) is 5.53. The van der Waals surface area contributed by atoms with Gasteiger partial charge in [0.05, 0.1) is 0 Å². The van der Waals surface area contributed by atoms with E-state index in [9.17, 15) is 0 Å². The van der Waals surface area contributed by atoms with Crippen LogP contribution >= 0.6 is 0 Å². The van der Waals surface area contributed by atoms with Crippen LogP contribution < -0.4 is 0 Å². The minimum absolute atomic E-state index is 0.462. The van der Waals surface area contributed by atoms with Crippen LogP contribution in [0.25, 0.3) is 0 Å². The molecule has 0 N–H and O–H groups in total. The maximum Gasteiger partial charge on any atom is 0.223 e. The first-order chi connectivity index (χ1) is 9.31. The lowest BCUT2D eigenvalue weighted by atomic mass is 9.96. The summed E-state index contributed by atoms with van der Waals surface area (Å²) in [5, 5.41) is 4.04. The van der Waals surface area contributed by atoms with Crippen molar-refractivity contribution in [1.82, 2.24) is 15.0 Å². The molecule has 0 radical (unpaired) electrons. The van der Waals surface area contributed by atoms with Gasteiger partial charge in [0, 0.05) is 19.4 Å². The Balaban J connectivity index is 1.55. The average Bonchev–Trinajstić information content (AvgIpc) is 2.87. The minimum atomic E-state index is 0.462. The topological polar surface area (TPSA) is 42.2 Å². The molecule has 0 amide bonds. The quantitative estimate of drug-likeness (QED) is 0.848. The van der Waals surface area contributed by atoms with E-state index in [1.54, 1.807) is 0 Å². The lowest BCUT2D eigenvalue weighted by Crippen LogP contribution is -2.32. The third-order valence-electron chi connectivity index (χ3n) is 3.75. The van der Waals surface area contributed by atoms with Crippen molar-refractivity contribution >= 4 is 0 Å². The Kier molecular flexibility index (Phi) is 3.60. The van der Waals surface area contributed by atoms with E-state index in [2.05, 4.69) is 45.4 Å². The highest BCUT2D eigenvalue weighted by Crippen LogP contribution is 2.26. The van der Waals surface area contributed by atoms with Crippen LogP contribution in [0.1, 0.15) is 36.0 Å². The number of nitrogens with zero attached hydrogens (tertiary/aromatic N) is 3. The fourth-order valence-electron chi connectivity index (χ4n) is 2.67. The zero-order chi connectivity index (χ0) is 13.1. The van der Waals surface area contributed by atoms with E-state index in [0.717, 1.165) is 38.3 Å². The van der Waals surface area contributed by atoms with Crippen LogP contribution in [0.2, 0.25) is 0 Å². The van der Waals surface area contributed by atoms with Crippen LogP contribution in [0.15, 0.2) is 34.9 Å². The molecule has 1 aliphatic rings. The maximum atomic E-state index is 5.07. The van der Waals surface area contributed by atoms with E-state index >= 15 is 0 Å². The van der Waals surface area contributed by atoms with Crippen molar-refractivity contribution in [2.75, 3.05) is 13.1 Å². The maximum absolute atomic E-state index is 5.07. The summed E-state index contributed by atoms with van der Waals surface area (Å²) in [5.41, 5.74) is 1.39. The Morgan fingerprint density at radius 1 is 1.21 bits per heavy atom. The van der Waals surface area contributed by atoms with Gasteiger partial charge in [-0.3, -0.25) is 4.90 Å². The Morgan fingerprint density at radius 3 is 2.58 bits per heavy atom. The van der Waals surface area contributed by atoms with Gasteiger partial charge in [0.25, 0.3) is 0 Å². The van der Waals surface area contributed by atoms with Gasteiger partial charge in [-0.25, -0.2) is 0 Å². The van der Waals surface area contributed by atoms with E-state index in [4.69, 9.17) is 4.52 Å². The molecule has 1 aromatic carbocycles. The number of aryl methyl sites for hydroxylation is 1. The lowest BCUT2D eigenvalue weighted by Gasteiger charge is -2.30. The van der Waals surface area contributed by atoms with Gasteiger partial charge >= 0.3 is 0 Å². The van der Waals surface area contributed by atoms with Crippen LogP contribution in [0, 0.1) is 6.92 Å². The first-order valence-corrected chi connectivity index (χ1v) is 6.88. The molecular formula is C15H19N3O. The summed E-state index contributed by atoms with van der Waals surface area (Å²) in [6.07, 6.45) is 2.23. The van der Waals surface area contributed by atoms with E-state index < -0.39 is 0 Å². The molecule has 1 aromatic heterocycles.